The Morgan fingerprint density at radius 3 is 2.84 bits per heavy atom. The molecule has 6 heteroatoms. The summed E-state index contributed by atoms with van der Waals surface area (Å²) in [4.78, 5) is 1.08. The third-order valence-corrected chi connectivity index (χ3v) is 7.02. The quantitative estimate of drug-likeness (QED) is 0.877. The second-order valence-corrected chi connectivity index (χ2v) is 8.26. The molecule has 1 atom stereocenters. The maximum Gasteiger partial charge on any atom is 0.252 e. The molecule has 4 nitrogen and oxygen atoms in total. The van der Waals surface area contributed by atoms with Gasteiger partial charge in [0.15, 0.2) is 0 Å². The number of nitrogens with zero attached hydrogens (tertiary/aromatic N) is 1. The predicted molar refractivity (Wildman–Crippen MR) is 78.9 cm³/mol. The molecule has 0 amide bonds. The minimum atomic E-state index is -3.26. The van der Waals surface area contributed by atoms with E-state index in [1.165, 1.54) is 11.3 Å². The van der Waals surface area contributed by atoms with Crippen LogP contribution in [0.15, 0.2) is 16.3 Å². The van der Waals surface area contributed by atoms with Gasteiger partial charge in [0.25, 0.3) is 10.0 Å². The van der Waals surface area contributed by atoms with Gasteiger partial charge in [0, 0.05) is 24.5 Å². The summed E-state index contributed by atoms with van der Waals surface area (Å²) in [6.45, 7) is 7.15. The van der Waals surface area contributed by atoms with E-state index in [0.29, 0.717) is 23.2 Å². The molecule has 1 N–H and O–H groups in total. The van der Waals surface area contributed by atoms with Crippen molar-refractivity contribution in [2.75, 3.05) is 19.6 Å². The number of sulfonamides is 1. The summed E-state index contributed by atoms with van der Waals surface area (Å²) in [7, 11) is -3.26. The van der Waals surface area contributed by atoms with Gasteiger partial charge in [-0.3, -0.25) is 0 Å². The molecule has 0 aliphatic carbocycles. The van der Waals surface area contributed by atoms with Crippen LogP contribution in [-0.2, 0) is 16.6 Å². The summed E-state index contributed by atoms with van der Waals surface area (Å²) < 4.78 is 27.1. The zero-order valence-electron chi connectivity index (χ0n) is 11.6. The Labute approximate surface area is 119 Å². The molecule has 1 aromatic rings. The van der Waals surface area contributed by atoms with Crippen molar-refractivity contribution in [3.8, 4) is 0 Å². The summed E-state index contributed by atoms with van der Waals surface area (Å²) in [6, 6.07) is 3.65. The van der Waals surface area contributed by atoms with E-state index in [0.717, 1.165) is 30.8 Å². The minimum absolute atomic E-state index is 0.483. The largest absolute Gasteiger partial charge is 0.312 e. The average Bonchev–Trinajstić information content (AvgIpc) is 3.05. The first-order valence-corrected chi connectivity index (χ1v) is 9.13. The Bertz CT molecular complexity index is 510. The molecule has 19 heavy (non-hydrogen) atoms. The first-order valence-electron chi connectivity index (χ1n) is 6.87. The van der Waals surface area contributed by atoms with Crippen LogP contribution in [0.1, 0.15) is 31.6 Å². The molecule has 1 aromatic heterocycles. The smallest absolute Gasteiger partial charge is 0.252 e. The van der Waals surface area contributed by atoms with Gasteiger partial charge in [-0.05, 0) is 31.0 Å². The van der Waals surface area contributed by atoms with Gasteiger partial charge < -0.3 is 5.32 Å². The summed E-state index contributed by atoms with van der Waals surface area (Å²) in [6.07, 6.45) is 2.05. The summed E-state index contributed by atoms with van der Waals surface area (Å²) in [5.41, 5.74) is 0. The Hall–Kier alpha value is -0.430. The molecule has 0 saturated carbocycles. The van der Waals surface area contributed by atoms with E-state index < -0.39 is 10.0 Å². The lowest BCUT2D eigenvalue weighted by atomic mass is 10.1. The standard InChI is InChI=1S/C13H22N2O2S2/c1-3-11-7-8-15(10-11)19(16,17)13-6-5-12(18-13)9-14-4-2/h5-6,11,14H,3-4,7-10H2,1-2H3. The van der Waals surface area contributed by atoms with Crippen molar-refractivity contribution in [3.63, 3.8) is 0 Å². The van der Waals surface area contributed by atoms with Gasteiger partial charge in [-0.1, -0.05) is 20.3 Å². The van der Waals surface area contributed by atoms with E-state index in [-0.39, 0.29) is 0 Å². The SMILES string of the molecule is CCNCc1ccc(S(=O)(=O)N2CCC(CC)C2)s1. The maximum atomic E-state index is 12.5. The van der Waals surface area contributed by atoms with E-state index in [4.69, 9.17) is 0 Å². The van der Waals surface area contributed by atoms with Crippen molar-refractivity contribution in [1.29, 1.82) is 0 Å². The van der Waals surface area contributed by atoms with E-state index in [1.54, 1.807) is 10.4 Å². The second-order valence-electron chi connectivity index (χ2n) is 4.93. The lowest BCUT2D eigenvalue weighted by molar-refractivity contribution is 0.454. The third kappa shape index (κ3) is 3.37. The molecule has 1 unspecified atom stereocenters. The van der Waals surface area contributed by atoms with Crippen LogP contribution in [0.3, 0.4) is 0 Å². The summed E-state index contributed by atoms with van der Waals surface area (Å²) in [5, 5.41) is 3.22. The van der Waals surface area contributed by atoms with E-state index >= 15 is 0 Å². The highest BCUT2D eigenvalue weighted by Gasteiger charge is 2.32. The normalized spacial score (nSPS) is 21.1. The highest BCUT2D eigenvalue weighted by molar-refractivity contribution is 7.91. The van der Waals surface area contributed by atoms with Gasteiger partial charge in [-0.15, -0.1) is 11.3 Å². The number of rotatable bonds is 6. The third-order valence-electron chi connectivity index (χ3n) is 3.61. The monoisotopic (exact) mass is 302 g/mol. The molecular weight excluding hydrogens is 280 g/mol. The van der Waals surface area contributed by atoms with Crippen molar-refractivity contribution in [2.45, 2.75) is 37.4 Å². The van der Waals surface area contributed by atoms with Crippen molar-refractivity contribution < 1.29 is 8.42 Å². The van der Waals surface area contributed by atoms with E-state index in [2.05, 4.69) is 12.2 Å². The minimum Gasteiger partial charge on any atom is -0.312 e. The lowest BCUT2D eigenvalue weighted by Gasteiger charge is -2.14. The fourth-order valence-electron chi connectivity index (χ4n) is 2.32. The van der Waals surface area contributed by atoms with Crippen LogP contribution in [0.5, 0.6) is 0 Å². The van der Waals surface area contributed by atoms with Gasteiger partial charge >= 0.3 is 0 Å². The van der Waals surface area contributed by atoms with Crippen LogP contribution in [-0.4, -0.2) is 32.4 Å². The van der Waals surface area contributed by atoms with E-state index in [1.807, 2.05) is 13.0 Å². The van der Waals surface area contributed by atoms with Crippen LogP contribution in [0.2, 0.25) is 0 Å². The topological polar surface area (TPSA) is 49.4 Å². The van der Waals surface area contributed by atoms with Crippen LogP contribution in [0.25, 0.3) is 0 Å². The average molecular weight is 302 g/mol. The van der Waals surface area contributed by atoms with Crippen LogP contribution in [0, 0.1) is 5.92 Å². The molecule has 1 aliphatic rings. The number of hydrogen-bond donors (Lipinski definition) is 1. The van der Waals surface area contributed by atoms with Crippen molar-refractivity contribution >= 4 is 21.4 Å². The maximum absolute atomic E-state index is 12.5. The molecule has 108 valence electrons. The molecule has 1 saturated heterocycles. The number of nitrogens with one attached hydrogen (secondary N) is 1. The van der Waals surface area contributed by atoms with E-state index in [9.17, 15) is 8.42 Å². The van der Waals surface area contributed by atoms with Crippen LogP contribution < -0.4 is 5.32 Å². The molecule has 1 fully saturated rings. The van der Waals surface area contributed by atoms with Crippen molar-refractivity contribution in [2.24, 2.45) is 5.92 Å². The van der Waals surface area contributed by atoms with Crippen molar-refractivity contribution in [1.82, 2.24) is 9.62 Å². The lowest BCUT2D eigenvalue weighted by Crippen LogP contribution is -2.28. The summed E-state index contributed by atoms with van der Waals surface area (Å²) in [5.74, 6) is 0.524. The fourth-order valence-corrected chi connectivity index (χ4v) is 5.33. The van der Waals surface area contributed by atoms with Gasteiger partial charge in [-0.2, -0.15) is 4.31 Å². The Balaban J connectivity index is 2.09. The Morgan fingerprint density at radius 2 is 2.21 bits per heavy atom. The molecular formula is C13H22N2O2S2. The molecule has 0 spiro atoms. The van der Waals surface area contributed by atoms with Gasteiger partial charge in [0.2, 0.25) is 0 Å². The zero-order chi connectivity index (χ0) is 13.9. The van der Waals surface area contributed by atoms with Crippen LogP contribution >= 0.6 is 11.3 Å². The van der Waals surface area contributed by atoms with Crippen molar-refractivity contribution in [3.05, 3.63) is 17.0 Å². The molecule has 2 rings (SSSR count). The Kier molecular flexibility index (Phi) is 5.00. The highest BCUT2D eigenvalue weighted by Crippen LogP contribution is 2.29. The van der Waals surface area contributed by atoms with Gasteiger partial charge in [0.05, 0.1) is 0 Å². The fraction of sp³-hybridized carbons (Fsp3) is 0.692. The number of hydrogen-bond acceptors (Lipinski definition) is 4. The predicted octanol–water partition coefficient (Wildman–Crippen LogP) is 2.28. The van der Waals surface area contributed by atoms with Gasteiger partial charge in [-0.25, -0.2) is 8.42 Å². The second kappa shape index (κ2) is 6.35. The first kappa shape index (κ1) is 15.0. The highest BCUT2D eigenvalue weighted by atomic mass is 32.2. The van der Waals surface area contributed by atoms with Gasteiger partial charge in [0.1, 0.15) is 4.21 Å². The first-order chi connectivity index (χ1) is 9.07. The molecule has 0 radical (unpaired) electrons. The Morgan fingerprint density at radius 1 is 1.42 bits per heavy atom. The van der Waals surface area contributed by atoms with Crippen LogP contribution in [0.4, 0.5) is 0 Å². The molecule has 1 aliphatic heterocycles. The molecule has 2 heterocycles. The molecule has 0 bridgehead atoms. The number of thiophene rings is 1. The summed E-state index contributed by atoms with van der Waals surface area (Å²) >= 11 is 1.38. The zero-order valence-corrected chi connectivity index (χ0v) is 13.2. The molecule has 0 aromatic carbocycles.